The first-order valence-corrected chi connectivity index (χ1v) is 42.8. The Labute approximate surface area is 698 Å². The van der Waals surface area contributed by atoms with Gasteiger partial charge in [-0.2, -0.15) is 10.2 Å². The molecular weight excluding hydrogens is 1510 g/mol. The molecule has 0 atom stereocenters. The van der Waals surface area contributed by atoms with Crippen molar-refractivity contribution in [2.75, 3.05) is 78.5 Å². The summed E-state index contributed by atoms with van der Waals surface area (Å²) in [6, 6.07) is 14.0. The number of amides is 4. The first-order chi connectivity index (χ1) is 56.0. The maximum absolute atomic E-state index is 15.0. The number of aromatic nitrogens is 10. The van der Waals surface area contributed by atoms with Crippen molar-refractivity contribution in [3.05, 3.63) is 121 Å². The number of nitrogens with two attached hydrogens (primary N) is 1. The number of hydrogen-bond donors (Lipinski definition) is 5. The standard InChI is InChI=1S/C26H27FN6O.C17H15FN6.C12H21NO2.C12H19NO2.C11H17NO3.2C7H13N/c1-16-10-26(11-16)14-33(15-26)22(34)6-5-17-3-4-18(9-21(17)27)20-7-8-28-25-23(20)30-24(31-25)19-12-29-32(2)13-19;1-24-9-12(8-21-24)16-22-15-13(4-5-20-17(15)23-16)10-2-3-11(7-19)14(18)6-10;2*1-9-5-12(6-9)7-13(8-12)10(14)15-11(2,3)4;1-10(2,3)15-9(14)12-6-11(7-12)4-8(13)5-11;2*1-6-2-7(3-6)4-8-5-7/h3-4,7-9,12-13,16H,5-6,10-11,14-15H2,1-2H3,(H,28,30,31);2-6,8-9H,7,19H2,1H3,(H,20,22,23);9H,5-8H2,1-4H3;1,5-8H2,2-4H3;4-7H2,1-3H3;2*6,8H,2-5H2,1H3. The number of aryl methyl sites for hydroxylation is 3. The van der Waals surface area contributed by atoms with Crippen LogP contribution in [0.3, 0.4) is 0 Å². The normalized spacial score (nSPS) is 22.2. The van der Waals surface area contributed by atoms with Crippen LogP contribution in [0.1, 0.15) is 185 Å². The Balaban J connectivity index is 0.000000120. The second kappa shape index (κ2) is 33.2. The van der Waals surface area contributed by atoms with Crippen LogP contribution in [-0.4, -0.2) is 194 Å². The molecule has 6 saturated heterocycles. The number of nitrogens with one attached hydrogen (secondary N) is 4. The van der Waals surface area contributed by atoms with Crippen LogP contribution in [0.15, 0.2) is 97.9 Å². The van der Waals surface area contributed by atoms with E-state index in [1.165, 1.54) is 95.3 Å². The van der Waals surface area contributed by atoms with Gasteiger partial charge >= 0.3 is 18.3 Å². The predicted octanol–water partition coefficient (Wildman–Crippen LogP) is 15.8. The molecule has 12 heterocycles. The number of fused-ring (bicyclic) bond motifs is 2. The summed E-state index contributed by atoms with van der Waals surface area (Å²) < 4.78 is 48.3. The molecule has 6 N–H and O–H groups in total. The summed E-state index contributed by atoms with van der Waals surface area (Å²) in [4.78, 5) is 89.8. The molecular formula is C92H125F2N17O8. The number of allylic oxidation sites excluding steroid dienone is 1. The molecule has 6 aliphatic heterocycles. The van der Waals surface area contributed by atoms with Crippen molar-refractivity contribution < 1.29 is 47.0 Å². The van der Waals surface area contributed by atoms with Crippen molar-refractivity contribution in [3.63, 3.8) is 0 Å². The lowest BCUT2D eigenvalue weighted by atomic mass is 9.58. The third-order valence-electron chi connectivity index (χ3n) is 25.5. The number of ether oxygens (including phenoxy) is 3. The predicted molar refractivity (Wildman–Crippen MR) is 456 cm³/mol. The number of carbonyl (C=O) groups is 5. The summed E-state index contributed by atoms with van der Waals surface area (Å²) in [7, 11) is 3.69. The first kappa shape index (κ1) is 85.9. The van der Waals surface area contributed by atoms with E-state index in [1.807, 2.05) is 123 Å². The molecule has 6 saturated carbocycles. The molecule has 6 spiro atoms. The molecule has 0 radical (unpaired) electrons. The van der Waals surface area contributed by atoms with Crippen molar-refractivity contribution >= 4 is 52.3 Å². The summed E-state index contributed by atoms with van der Waals surface area (Å²) in [5.74, 6) is 4.88. The summed E-state index contributed by atoms with van der Waals surface area (Å²) in [5, 5.41) is 15.0. The highest BCUT2D eigenvalue weighted by atomic mass is 19.1. The van der Waals surface area contributed by atoms with Crippen molar-refractivity contribution in [1.82, 2.24) is 79.7 Å². The van der Waals surface area contributed by atoms with Crippen LogP contribution in [0.5, 0.6) is 0 Å². The van der Waals surface area contributed by atoms with Crippen molar-refractivity contribution in [1.29, 1.82) is 0 Å². The zero-order chi connectivity index (χ0) is 85.2. The number of carbonyl (C=O) groups excluding carboxylic acids is 5. The number of halogens is 2. The monoisotopic (exact) mass is 1630 g/mol. The molecule has 27 heteroatoms. The Hall–Kier alpha value is -9.47. The van der Waals surface area contributed by atoms with Gasteiger partial charge in [-0.25, -0.2) is 43.1 Å². The van der Waals surface area contributed by atoms with Gasteiger partial charge < -0.3 is 60.1 Å². The third kappa shape index (κ3) is 19.9. The second-order valence-corrected chi connectivity index (χ2v) is 40.9. The van der Waals surface area contributed by atoms with E-state index in [1.54, 1.807) is 56.1 Å². The molecule has 6 aromatic heterocycles. The number of imidazole rings is 2. The topological polar surface area (TPSA) is 295 Å². The zero-order valence-corrected chi connectivity index (χ0v) is 72.7. The van der Waals surface area contributed by atoms with E-state index in [0.29, 0.717) is 94.9 Å². The van der Waals surface area contributed by atoms with Crippen LogP contribution in [0.4, 0.5) is 23.2 Å². The fourth-order valence-electron chi connectivity index (χ4n) is 20.4. The maximum Gasteiger partial charge on any atom is 0.410 e. The minimum atomic E-state index is -0.435. The van der Waals surface area contributed by atoms with Crippen LogP contribution in [0.25, 0.3) is 67.4 Å². The maximum atomic E-state index is 15.0. The Morgan fingerprint density at radius 3 is 1.15 bits per heavy atom. The Morgan fingerprint density at radius 1 is 0.496 bits per heavy atom. The van der Waals surface area contributed by atoms with Crippen LogP contribution >= 0.6 is 0 Å². The lowest BCUT2D eigenvalue weighted by Crippen LogP contribution is -2.64. The molecule has 8 aromatic rings. The van der Waals surface area contributed by atoms with E-state index < -0.39 is 5.60 Å². The van der Waals surface area contributed by atoms with Gasteiger partial charge in [0, 0.05) is 182 Å². The zero-order valence-electron chi connectivity index (χ0n) is 72.7. The highest BCUT2D eigenvalue weighted by Gasteiger charge is 2.56. The smallest absolute Gasteiger partial charge is 0.410 e. The highest BCUT2D eigenvalue weighted by molar-refractivity contribution is 5.93. The third-order valence-corrected chi connectivity index (χ3v) is 25.5. The van der Waals surface area contributed by atoms with Crippen molar-refractivity contribution in [2.45, 2.75) is 203 Å². The van der Waals surface area contributed by atoms with E-state index in [-0.39, 0.29) is 59.0 Å². The molecule has 119 heavy (non-hydrogen) atoms. The minimum Gasteiger partial charge on any atom is -0.444 e. The lowest BCUT2D eigenvalue weighted by Gasteiger charge is -2.58. The average molecular weight is 1640 g/mol. The summed E-state index contributed by atoms with van der Waals surface area (Å²) in [6.07, 6.45) is 25.2. The van der Waals surface area contributed by atoms with Gasteiger partial charge in [0.15, 0.2) is 11.3 Å². The lowest BCUT2D eigenvalue weighted by molar-refractivity contribution is -0.154. The van der Waals surface area contributed by atoms with E-state index >= 15 is 4.39 Å². The number of H-pyrrole nitrogens is 2. The number of rotatable bonds is 8. The van der Waals surface area contributed by atoms with E-state index in [4.69, 9.17) is 19.9 Å². The minimum absolute atomic E-state index is 0.119. The fraction of sp³-hybridized carbons (Fsp3) is 0.598. The summed E-state index contributed by atoms with van der Waals surface area (Å²) in [6.45, 7) is 42.2. The molecule has 6 aliphatic carbocycles. The fourth-order valence-corrected chi connectivity index (χ4v) is 20.4. The van der Waals surface area contributed by atoms with Crippen LogP contribution < -0.4 is 16.4 Å². The van der Waals surface area contributed by atoms with Crippen molar-refractivity contribution in [3.8, 4) is 45.0 Å². The molecule has 2 aromatic carbocycles. The van der Waals surface area contributed by atoms with E-state index in [9.17, 15) is 28.4 Å². The molecule has 0 bridgehead atoms. The Bertz CT molecular complexity index is 4920. The van der Waals surface area contributed by atoms with E-state index in [0.717, 1.165) is 131 Å². The number of hydrogen-bond acceptors (Lipinski definition) is 17. The molecule has 25 nitrogen and oxygen atoms in total. The SMILES string of the molecule is C=C1CC2(C1)CN(C(=O)OC(C)(C)C)C2.CC(C)(C)OC(=O)N1CC2(CC(=O)C2)C1.CC1CC2(C1)CN(C(=O)CCc1ccc(-c3ccnc4nc(-c5cnn(C)c5)[nH]c34)cc1F)C2.CC1CC2(C1)CN(C(=O)OC(C)(C)C)C2.CC1CC2(CNC2)C1.CC1CC2(CNC2)C1.Cn1cc(-c2nc3nccc(-c4ccc(CN)c(F)c4)c3[nH]2)cn1. The second-order valence-electron chi connectivity index (χ2n) is 40.9. The highest BCUT2D eigenvalue weighted by Crippen LogP contribution is 2.55. The van der Waals surface area contributed by atoms with Crippen LogP contribution in [0.2, 0.25) is 0 Å². The number of benzene rings is 2. The number of ketones is 1. The Morgan fingerprint density at radius 2 is 0.849 bits per heavy atom. The molecule has 4 amide bonds. The molecule has 640 valence electrons. The van der Waals surface area contributed by atoms with Gasteiger partial charge in [-0.1, -0.05) is 64.1 Å². The molecule has 12 fully saturated rings. The molecule has 0 unspecified atom stereocenters. The van der Waals surface area contributed by atoms with Gasteiger partial charge in [0.05, 0.1) is 34.6 Å². The quantitative estimate of drug-likeness (QED) is 0.0697. The van der Waals surface area contributed by atoms with Gasteiger partial charge in [-0.3, -0.25) is 19.0 Å². The number of aromatic amines is 2. The summed E-state index contributed by atoms with van der Waals surface area (Å²) in [5.41, 5.74) is 17.2. The van der Waals surface area contributed by atoms with Gasteiger partial charge in [0.25, 0.3) is 0 Å². The summed E-state index contributed by atoms with van der Waals surface area (Å²) >= 11 is 0. The van der Waals surface area contributed by atoms with Crippen LogP contribution in [0, 0.1) is 67.8 Å². The van der Waals surface area contributed by atoms with Crippen molar-refractivity contribution in [2.24, 2.45) is 76.0 Å². The van der Waals surface area contributed by atoms with Crippen LogP contribution in [-0.2, 0) is 50.9 Å². The number of pyridine rings is 2. The van der Waals surface area contributed by atoms with E-state index in [2.05, 4.69) is 85.0 Å². The van der Waals surface area contributed by atoms with Gasteiger partial charge in [-0.05, 0) is 208 Å². The Kier molecular flexibility index (Phi) is 23.9. The van der Waals surface area contributed by atoms with Gasteiger partial charge in [0.2, 0.25) is 5.91 Å². The number of nitrogens with zero attached hydrogens (tertiary/aromatic N) is 12. The molecule has 12 aliphatic rings. The van der Waals surface area contributed by atoms with Gasteiger partial charge in [-0.15, -0.1) is 0 Å². The molecule has 20 rings (SSSR count). The van der Waals surface area contributed by atoms with Gasteiger partial charge in [0.1, 0.15) is 45.9 Å². The largest absolute Gasteiger partial charge is 0.444 e. The average Bonchev–Trinajstić information content (AvgIpc) is 1.73. The first-order valence-electron chi connectivity index (χ1n) is 42.8. The number of Topliss-reactive ketones (excluding diaryl/α,β-unsaturated/α-hetero) is 1. The number of likely N-dealkylation sites (tertiary alicyclic amines) is 4.